The number of hydrogen-bond donors (Lipinski definition) is 1. The molecular formula is C14H16N2S2. The number of rotatable bonds is 1. The minimum absolute atomic E-state index is 0.649. The first-order valence-electron chi connectivity index (χ1n) is 6.69. The van der Waals surface area contributed by atoms with E-state index >= 15 is 0 Å². The Morgan fingerprint density at radius 3 is 3.11 bits per heavy atom. The number of piperidine rings is 1. The van der Waals surface area contributed by atoms with E-state index in [1.54, 1.807) is 0 Å². The van der Waals surface area contributed by atoms with Gasteiger partial charge in [0.15, 0.2) is 0 Å². The molecule has 2 aromatic heterocycles. The van der Waals surface area contributed by atoms with E-state index in [-0.39, 0.29) is 0 Å². The summed E-state index contributed by atoms with van der Waals surface area (Å²) in [5.74, 6) is 0.649. The molecule has 2 aromatic rings. The number of thiophene rings is 1. The van der Waals surface area contributed by atoms with Crippen LogP contribution >= 0.6 is 22.7 Å². The van der Waals surface area contributed by atoms with Crippen LogP contribution in [0.3, 0.4) is 0 Å². The monoisotopic (exact) mass is 276 g/mol. The van der Waals surface area contributed by atoms with Crippen molar-refractivity contribution in [1.29, 1.82) is 0 Å². The third-order valence-electron chi connectivity index (χ3n) is 3.94. The quantitative estimate of drug-likeness (QED) is 0.863. The van der Waals surface area contributed by atoms with Crippen LogP contribution in [0.2, 0.25) is 0 Å². The average molecular weight is 276 g/mol. The van der Waals surface area contributed by atoms with Gasteiger partial charge < -0.3 is 5.32 Å². The van der Waals surface area contributed by atoms with Crippen molar-refractivity contribution in [2.75, 3.05) is 13.1 Å². The van der Waals surface area contributed by atoms with Gasteiger partial charge in [-0.1, -0.05) is 0 Å². The Kier molecular flexibility index (Phi) is 2.75. The SMILES string of the molecule is c1cc2c(s1)CCc1sc(C3CCCNC3)nc1-2. The molecule has 1 unspecified atom stereocenters. The Bertz CT molecular complexity index is 564. The molecule has 4 rings (SSSR count). The zero-order valence-electron chi connectivity index (χ0n) is 10.2. The van der Waals surface area contributed by atoms with E-state index in [1.165, 1.54) is 58.2 Å². The second-order valence-electron chi connectivity index (χ2n) is 5.12. The molecule has 1 aliphatic carbocycles. The summed E-state index contributed by atoms with van der Waals surface area (Å²) in [5, 5.41) is 7.07. The van der Waals surface area contributed by atoms with Gasteiger partial charge in [0, 0.05) is 27.8 Å². The molecule has 4 heteroatoms. The van der Waals surface area contributed by atoms with Crippen LogP contribution < -0.4 is 5.32 Å². The van der Waals surface area contributed by atoms with Crippen LogP contribution in [0.4, 0.5) is 0 Å². The summed E-state index contributed by atoms with van der Waals surface area (Å²) in [6, 6.07) is 2.25. The molecule has 94 valence electrons. The lowest BCUT2D eigenvalue weighted by Gasteiger charge is -2.20. The van der Waals surface area contributed by atoms with E-state index in [9.17, 15) is 0 Å². The fourth-order valence-corrected chi connectivity index (χ4v) is 5.05. The zero-order chi connectivity index (χ0) is 11.9. The molecule has 0 spiro atoms. The normalized spacial score (nSPS) is 22.6. The van der Waals surface area contributed by atoms with E-state index in [2.05, 4.69) is 16.8 Å². The Labute approximate surface area is 115 Å². The van der Waals surface area contributed by atoms with Crippen molar-refractivity contribution in [3.05, 3.63) is 26.2 Å². The molecule has 1 N–H and O–H groups in total. The number of aromatic nitrogens is 1. The lowest BCUT2D eigenvalue weighted by Crippen LogP contribution is -2.28. The minimum atomic E-state index is 0.649. The summed E-state index contributed by atoms with van der Waals surface area (Å²) < 4.78 is 0. The third kappa shape index (κ3) is 1.75. The van der Waals surface area contributed by atoms with Crippen LogP contribution in [0.15, 0.2) is 11.4 Å². The fourth-order valence-electron chi connectivity index (χ4n) is 2.96. The Morgan fingerprint density at radius 2 is 2.22 bits per heavy atom. The highest BCUT2D eigenvalue weighted by Gasteiger charge is 2.25. The fraction of sp³-hybridized carbons (Fsp3) is 0.500. The Balaban J connectivity index is 1.73. The molecule has 18 heavy (non-hydrogen) atoms. The number of aryl methyl sites for hydroxylation is 2. The number of thiazole rings is 1. The maximum atomic E-state index is 4.97. The lowest BCUT2D eigenvalue weighted by atomic mass is 9.99. The van der Waals surface area contributed by atoms with Gasteiger partial charge in [-0.2, -0.15) is 0 Å². The lowest BCUT2D eigenvalue weighted by molar-refractivity contribution is 0.460. The number of hydrogen-bond acceptors (Lipinski definition) is 4. The van der Waals surface area contributed by atoms with Gasteiger partial charge in [0.05, 0.1) is 10.7 Å². The van der Waals surface area contributed by atoms with E-state index in [0.717, 1.165) is 6.54 Å². The van der Waals surface area contributed by atoms with Crippen molar-refractivity contribution < 1.29 is 0 Å². The van der Waals surface area contributed by atoms with E-state index in [1.807, 2.05) is 22.7 Å². The third-order valence-corrected chi connectivity index (χ3v) is 6.20. The van der Waals surface area contributed by atoms with Gasteiger partial charge in [-0.15, -0.1) is 22.7 Å². The smallest absolute Gasteiger partial charge is 0.0979 e. The molecule has 0 amide bonds. The molecular weight excluding hydrogens is 260 g/mol. The van der Waals surface area contributed by atoms with Gasteiger partial charge in [-0.3, -0.25) is 0 Å². The van der Waals surface area contributed by atoms with Crippen molar-refractivity contribution in [3.8, 4) is 11.3 Å². The molecule has 1 fully saturated rings. The first kappa shape index (κ1) is 11.1. The standard InChI is InChI=1S/C14H16N2S2/c1-2-9(8-15-6-1)14-16-13-10-5-7-17-11(10)3-4-12(13)18-14/h5,7,9,15H,1-4,6,8H2. The predicted molar refractivity (Wildman–Crippen MR) is 77.7 cm³/mol. The molecule has 2 nitrogen and oxygen atoms in total. The molecule has 1 atom stereocenters. The van der Waals surface area contributed by atoms with Gasteiger partial charge in [-0.25, -0.2) is 4.98 Å². The average Bonchev–Trinajstić information content (AvgIpc) is 3.05. The van der Waals surface area contributed by atoms with Crippen LogP contribution in [0, 0.1) is 0 Å². The van der Waals surface area contributed by atoms with Crippen molar-refractivity contribution in [1.82, 2.24) is 10.3 Å². The predicted octanol–water partition coefficient (Wildman–Crippen LogP) is 3.44. The van der Waals surface area contributed by atoms with E-state index in [4.69, 9.17) is 4.98 Å². The summed E-state index contributed by atoms with van der Waals surface area (Å²) in [5.41, 5.74) is 2.70. The van der Waals surface area contributed by atoms with Crippen LogP contribution in [0.25, 0.3) is 11.3 Å². The Morgan fingerprint density at radius 1 is 1.28 bits per heavy atom. The summed E-state index contributed by atoms with van der Waals surface area (Å²) in [4.78, 5) is 8.02. The van der Waals surface area contributed by atoms with Gasteiger partial charge in [0.1, 0.15) is 0 Å². The first-order valence-corrected chi connectivity index (χ1v) is 8.38. The molecule has 0 aromatic carbocycles. The highest BCUT2D eigenvalue weighted by atomic mass is 32.1. The largest absolute Gasteiger partial charge is 0.316 e. The summed E-state index contributed by atoms with van der Waals surface area (Å²) in [6.45, 7) is 2.29. The molecule has 0 saturated carbocycles. The van der Waals surface area contributed by atoms with Gasteiger partial charge in [-0.05, 0) is 43.7 Å². The first-order chi connectivity index (χ1) is 8.92. The number of nitrogens with zero attached hydrogens (tertiary/aromatic N) is 1. The highest BCUT2D eigenvalue weighted by Crippen LogP contribution is 2.41. The van der Waals surface area contributed by atoms with Crippen molar-refractivity contribution in [2.24, 2.45) is 0 Å². The molecule has 0 radical (unpaired) electrons. The van der Waals surface area contributed by atoms with Crippen molar-refractivity contribution in [3.63, 3.8) is 0 Å². The minimum Gasteiger partial charge on any atom is -0.316 e. The van der Waals surface area contributed by atoms with E-state index in [0.29, 0.717) is 5.92 Å². The molecule has 1 aliphatic heterocycles. The van der Waals surface area contributed by atoms with E-state index < -0.39 is 0 Å². The van der Waals surface area contributed by atoms with Crippen LogP contribution in [0.5, 0.6) is 0 Å². The summed E-state index contributed by atoms with van der Waals surface area (Å²) in [6.07, 6.45) is 5.00. The topological polar surface area (TPSA) is 24.9 Å². The zero-order valence-corrected chi connectivity index (χ0v) is 11.9. The van der Waals surface area contributed by atoms with Gasteiger partial charge >= 0.3 is 0 Å². The number of nitrogens with one attached hydrogen (secondary N) is 1. The molecule has 1 saturated heterocycles. The van der Waals surface area contributed by atoms with Gasteiger partial charge in [0.2, 0.25) is 0 Å². The number of fused-ring (bicyclic) bond motifs is 3. The maximum Gasteiger partial charge on any atom is 0.0979 e. The highest BCUT2D eigenvalue weighted by molar-refractivity contribution is 7.12. The van der Waals surface area contributed by atoms with Crippen LogP contribution in [-0.4, -0.2) is 18.1 Å². The maximum absolute atomic E-state index is 4.97. The second kappa shape index (κ2) is 4.44. The summed E-state index contributed by atoms with van der Waals surface area (Å²) >= 11 is 3.85. The molecule has 3 heterocycles. The second-order valence-corrected chi connectivity index (χ2v) is 7.24. The molecule has 2 aliphatic rings. The van der Waals surface area contributed by atoms with Crippen LogP contribution in [0.1, 0.15) is 33.5 Å². The van der Waals surface area contributed by atoms with Gasteiger partial charge in [0.25, 0.3) is 0 Å². The van der Waals surface area contributed by atoms with Crippen molar-refractivity contribution in [2.45, 2.75) is 31.6 Å². The summed E-state index contributed by atoms with van der Waals surface area (Å²) in [7, 11) is 0. The van der Waals surface area contributed by atoms with Crippen molar-refractivity contribution >= 4 is 22.7 Å². The molecule has 0 bridgehead atoms. The van der Waals surface area contributed by atoms with Crippen LogP contribution in [-0.2, 0) is 12.8 Å². The Hall–Kier alpha value is -0.710.